The summed E-state index contributed by atoms with van der Waals surface area (Å²) < 4.78 is 91.0. The Kier molecular flexibility index (Phi) is 5.02. The number of nitrogens with zero attached hydrogens (tertiary/aromatic N) is 2. The Morgan fingerprint density at radius 1 is 0.897 bits per heavy atom. The molecule has 0 aliphatic heterocycles. The molecule has 4 nitrogen and oxygen atoms in total. The normalized spacial score (nSPS) is 12.9. The van der Waals surface area contributed by atoms with Crippen LogP contribution in [0, 0.1) is 6.92 Å². The van der Waals surface area contributed by atoms with E-state index in [9.17, 15) is 30.4 Å². The topological polar surface area (TPSA) is 52.0 Å². The molecule has 10 heteroatoms. The van der Waals surface area contributed by atoms with Crippen molar-refractivity contribution in [1.29, 1.82) is 0 Å². The molecule has 0 N–H and O–H groups in total. The second kappa shape index (κ2) is 6.94. The van der Waals surface area contributed by atoms with Gasteiger partial charge in [0.1, 0.15) is 5.69 Å². The molecule has 0 aliphatic carbocycles. The molecular weight excluding hydrogens is 415 g/mol. The number of alkyl halides is 5. The molecule has 0 unspecified atom stereocenters. The van der Waals surface area contributed by atoms with Gasteiger partial charge in [-0.2, -0.15) is 27.1 Å². The summed E-state index contributed by atoms with van der Waals surface area (Å²) in [5, 5.41) is 3.94. The molecule has 1 heterocycles. The number of aromatic nitrogens is 2. The second-order valence-corrected chi connectivity index (χ2v) is 8.55. The van der Waals surface area contributed by atoms with Crippen LogP contribution in [0.3, 0.4) is 0 Å². The molecule has 0 aliphatic rings. The van der Waals surface area contributed by atoms with Gasteiger partial charge in [-0.1, -0.05) is 29.8 Å². The van der Waals surface area contributed by atoms with Gasteiger partial charge in [0.05, 0.1) is 16.3 Å². The van der Waals surface area contributed by atoms with Gasteiger partial charge in [0.2, 0.25) is 0 Å². The smallest absolute Gasteiger partial charge is 0.231 e. The van der Waals surface area contributed by atoms with E-state index in [0.717, 1.165) is 11.8 Å². The molecule has 0 saturated carbocycles. The Morgan fingerprint density at radius 2 is 1.45 bits per heavy atom. The maximum Gasteiger partial charge on any atom is 0.459 e. The lowest BCUT2D eigenvalue weighted by Gasteiger charge is -2.20. The van der Waals surface area contributed by atoms with Crippen molar-refractivity contribution in [3.05, 3.63) is 65.9 Å². The largest absolute Gasteiger partial charge is 0.459 e. The van der Waals surface area contributed by atoms with Crippen molar-refractivity contribution in [3.8, 4) is 16.9 Å². The highest BCUT2D eigenvalue weighted by atomic mass is 32.2. The monoisotopic (exact) mass is 430 g/mol. The highest BCUT2D eigenvalue weighted by Gasteiger charge is 2.61. The zero-order valence-electron chi connectivity index (χ0n) is 15.2. The molecule has 0 radical (unpaired) electrons. The lowest BCUT2D eigenvalue weighted by molar-refractivity contribution is -0.291. The van der Waals surface area contributed by atoms with E-state index in [1.165, 1.54) is 36.4 Å². The molecule has 0 saturated heterocycles. The number of aryl methyl sites for hydroxylation is 1. The molecule has 0 fully saturated rings. The molecule has 154 valence electrons. The molecule has 0 atom stereocenters. The molecule has 0 amide bonds. The van der Waals surface area contributed by atoms with E-state index >= 15 is 0 Å². The number of rotatable bonds is 4. The van der Waals surface area contributed by atoms with Gasteiger partial charge in [0, 0.05) is 11.8 Å². The molecule has 1 aromatic heterocycles. The Hall–Kier alpha value is -2.75. The zero-order valence-corrected chi connectivity index (χ0v) is 16.0. The molecule has 3 aromatic rings. The first-order valence-corrected chi connectivity index (χ1v) is 10.1. The van der Waals surface area contributed by atoms with Crippen molar-refractivity contribution in [3.63, 3.8) is 0 Å². The van der Waals surface area contributed by atoms with Crippen molar-refractivity contribution < 1.29 is 30.4 Å². The third-order valence-electron chi connectivity index (χ3n) is 4.24. The van der Waals surface area contributed by atoms with Crippen molar-refractivity contribution in [2.24, 2.45) is 0 Å². The minimum atomic E-state index is -5.81. The van der Waals surface area contributed by atoms with Crippen LogP contribution in [-0.2, 0) is 15.8 Å². The van der Waals surface area contributed by atoms with Gasteiger partial charge in [-0.25, -0.2) is 13.1 Å². The standard InChI is InChI=1S/C19H15F5N2O2S/c1-12-3-7-14(8-4-12)26-17(18(20,21)19(22,23)24)11-16(25-26)13-5-9-15(10-6-13)29(2,27)28/h3-11H,1-2H3. The summed E-state index contributed by atoms with van der Waals surface area (Å²) in [4.78, 5) is -0.0138. The van der Waals surface area contributed by atoms with Crippen LogP contribution in [-0.4, -0.2) is 30.6 Å². The maximum absolute atomic E-state index is 14.2. The van der Waals surface area contributed by atoms with Crippen molar-refractivity contribution >= 4 is 9.84 Å². The number of halogens is 5. The van der Waals surface area contributed by atoms with Crippen LogP contribution in [0.4, 0.5) is 22.0 Å². The van der Waals surface area contributed by atoms with Gasteiger partial charge in [0.25, 0.3) is 0 Å². The Bertz CT molecular complexity index is 1130. The first-order chi connectivity index (χ1) is 13.3. The van der Waals surface area contributed by atoms with Crippen molar-refractivity contribution in [2.45, 2.75) is 23.9 Å². The van der Waals surface area contributed by atoms with E-state index < -0.39 is 27.6 Å². The number of sulfone groups is 1. The van der Waals surface area contributed by atoms with Gasteiger partial charge in [-0.15, -0.1) is 0 Å². The van der Waals surface area contributed by atoms with Crippen LogP contribution in [0.25, 0.3) is 16.9 Å². The summed E-state index contributed by atoms with van der Waals surface area (Å²) in [6.45, 7) is 1.74. The van der Waals surface area contributed by atoms with Crippen molar-refractivity contribution in [2.75, 3.05) is 6.26 Å². The lowest BCUT2D eigenvalue weighted by atomic mass is 10.1. The average Bonchev–Trinajstić information content (AvgIpc) is 3.07. The summed E-state index contributed by atoms with van der Waals surface area (Å²) in [5.74, 6) is -5.14. The third-order valence-corrected chi connectivity index (χ3v) is 5.37. The lowest BCUT2D eigenvalue weighted by Crippen LogP contribution is -2.35. The van der Waals surface area contributed by atoms with Crippen molar-refractivity contribution in [1.82, 2.24) is 9.78 Å². The number of hydrogen-bond donors (Lipinski definition) is 0. The molecule has 0 spiro atoms. The van der Waals surface area contributed by atoms with Crippen LogP contribution < -0.4 is 0 Å². The average molecular weight is 430 g/mol. The quantitative estimate of drug-likeness (QED) is 0.553. The first-order valence-electron chi connectivity index (χ1n) is 8.23. The van der Waals surface area contributed by atoms with Gasteiger partial charge in [-0.3, -0.25) is 0 Å². The van der Waals surface area contributed by atoms with E-state index in [2.05, 4.69) is 5.10 Å². The summed E-state index contributed by atoms with van der Waals surface area (Å²) in [7, 11) is -3.49. The summed E-state index contributed by atoms with van der Waals surface area (Å²) >= 11 is 0. The van der Waals surface area contributed by atoms with Gasteiger partial charge in [0.15, 0.2) is 9.84 Å². The molecular formula is C19H15F5N2O2S. The Morgan fingerprint density at radius 3 is 1.93 bits per heavy atom. The van der Waals surface area contributed by atoms with Gasteiger partial charge < -0.3 is 0 Å². The van der Waals surface area contributed by atoms with Gasteiger partial charge >= 0.3 is 12.1 Å². The fraction of sp³-hybridized carbons (Fsp3) is 0.211. The van der Waals surface area contributed by atoms with Crippen LogP contribution in [0.1, 0.15) is 11.3 Å². The predicted octanol–water partition coefficient (Wildman–Crippen LogP) is 4.91. The third kappa shape index (κ3) is 4.02. The fourth-order valence-corrected chi connectivity index (χ4v) is 3.28. The highest BCUT2D eigenvalue weighted by molar-refractivity contribution is 7.90. The molecule has 3 rings (SSSR count). The summed E-state index contributed by atoms with van der Waals surface area (Å²) in [6.07, 6.45) is -4.82. The highest BCUT2D eigenvalue weighted by Crippen LogP contribution is 2.45. The second-order valence-electron chi connectivity index (χ2n) is 6.53. The minimum absolute atomic E-state index is 0.0138. The summed E-state index contributed by atoms with van der Waals surface area (Å²) in [5.41, 5.74) is -0.460. The van der Waals surface area contributed by atoms with E-state index in [1.807, 2.05) is 0 Å². The van der Waals surface area contributed by atoms with E-state index in [0.29, 0.717) is 10.7 Å². The van der Waals surface area contributed by atoms with Crippen LogP contribution in [0.5, 0.6) is 0 Å². The fourth-order valence-electron chi connectivity index (χ4n) is 2.65. The van der Waals surface area contributed by atoms with Crippen LogP contribution in [0.2, 0.25) is 0 Å². The molecule has 2 aromatic carbocycles. The van der Waals surface area contributed by atoms with E-state index in [-0.39, 0.29) is 21.8 Å². The Labute approximate surface area is 163 Å². The molecule has 0 bridgehead atoms. The predicted molar refractivity (Wildman–Crippen MR) is 96.8 cm³/mol. The SMILES string of the molecule is Cc1ccc(-n2nc(-c3ccc(S(C)(=O)=O)cc3)cc2C(F)(F)C(F)(F)F)cc1. The van der Waals surface area contributed by atoms with E-state index in [1.54, 1.807) is 19.1 Å². The zero-order chi connectivity index (χ0) is 21.6. The maximum atomic E-state index is 14.2. The minimum Gasteiger partial charge on any atom is -0.231 e. The number of benzene rings is 2. The van der Waals surface area contributed by atoms with Crippen LogP contribution in [0.15, 0.2) is 59.5 Å². The van der Waals surface area contributed by atoms with E-state index in [4.69, 9.17) is 0 Å². The summed E-state index contributed by atoms with van der Waals surface area (Å²) in [6, 6.07) is 11.6. The Balaban J connectivity index is 2.18. The molecule has 29 heavy (non-hydrogen) atoms. The number of hydrogen-bond acceptors (Lipinski definition) is 3. The van der Waals surface area contributed by atoms with Gasteiger partial charge in [-0.05, 0) is 37.3 Å². The first kappa shape index (κ1) is 21.0. The van der Waals surface area contributed by atoms with Crippen LogP contribution >= 0.6 is 0 Å².